The summed E-state index contributed by atoms with van der Waals surface area (Å²) in [6.07, 6.45) is 1.86. The van der Waals surface area contributed by atoms with Crippen LogP contribution in [0, 0.1) is 6.92 Å². The third kappa shape index (κ3) is 2.00. The molecule has 0 atom stereocenters. The Balaban J connectivity index is 2.07. The van der Waals surface area contributed by atoms with Crippen molar-refractivity contribution in [1.29, 1.82) is 0 Å². The van der Waals surface area contributed by atoms with Crippen LogP contribution in [0.4, 0.5) is 5.69 Å². The average Bonchev–Trinajstić information content (AvgIpc) is 2.04. The predicted octanol–water partition coefficient (Wildman–Crippen LogP) is 1.54. The maximum absolute atomic E-state index is 4.22. The normalized spacial score (nSPS) is 16.8. The van der Waals surface area contributed by atoms with Crippen molar-refractivity contribution in [2.24, 2.45) is 0 Å². The summed E-state index contributed by atoms with van der Waals surface area (Å²) in [5, 5.41) is 6.62. The molecule has 70 valence electrons. The molecular formula is C9H12BrN3. The molecule has 0 bridgehead atoms. The van der Waals surface area contributed by atoms with Gasteiger partial charge in [-0.15, -0.1) is 0 Å². The number of aryl methyl sites for hydroxylation is 1. The Kier molecular flexibility index (Phi) is 2.51. The van der Waals surface area contributed by atoms with E-state index in [1.807, 2.05) is 13.1 Å². The molecule has 0 radical (unpaired) electrons. The average molecular weight is 242 g/mol. The topological polar surface area (TPSA) is 37.0 Å². The molecule has 0 unspecified atom stereocenters. The van der Waals surface area contributed by atoms with Crippen LogP contribution in [0.3, 0.4) is 0 Å². The minimum absolute atomic E-state index is 0.572. The lowest BCUT2D eigenvalue weighted by Crippen LogP contribution is -2.51. The van der Waals surface area contributed by atoms with E-state index in [1.54, 1.807) is 0 Å². The van der Waals surface area contributed by atoms with Gasteiger partial charge in [0.15, 0.2) is 0 Å². The predicted molar refractivity (Wildman–Crippen MR) is 57.0 cm³/mol. The zero-order valence-electron chi connectivity index (χ0n) is 7.47. The molecule has 1 saturated heterocycles. The smallest absolute Gasteiger partial charge is 0.109 e. The molecule has 1 fully saturated rings. The van der Waals surface area contributed by atoms with E-state index >= 15 is 0 Å². The molecule has 3 nitrogen and oxygen atoms in total. The van der Waals surface area contributed by atoms with Crippen LogP contribution in [0.1, 0.15) is 5.56 Å². The first kappa shape index (κ1) is 8.97. The van der Waals surface area contributed by atoms with Crippen molar-refractivity contribution in [3.8, 4) is 0 Å². The van der Waals surface area contributed by atoms with Crippen LogP contribution >= 0.6 is 15.9 Å². The number of anilines is 1. The Morgan fingerprint density at radius 3 is 2.92 bits per heavy atom. The molecule has 0 spiro atoms. The number of pyridine rings is 1. The number of nitrogens with zero attached hydrogens (tertiary/aromatic N) is 1. The van der Waals surface area contributed by atoms with Crippen LogP contribution in [-0.4, -0.2) is 24.1 Å². The van der Waals surface area contributed by atoms with Crippen molar-refractivity contribution >= 4 is 21.6 Å². The number of halogens is 1. The zero-order valence-corrected chi connectivity index (χ0v) is 9.06. The molecule has 1 aromatic rings. The van der Waals surface area contributed by atoms with Gasteiger partial charge < -0.3 is 10.6 Å². The Labute approximate surface area is 86.1 Å². The molecule has 0 amide bonds. The lowest BCUT2D eigenvalue weighted by Gasteiger charge is -2.28. The van der Waals surface area contributed by atoms with Crippen molar-refractivity contribution in [1.82, 2.24) is 10.3 Å². The standard InChI is InChI=1S/C9H12BrN3/c1-6-2-7(5-12-9(6)10)13-8-3-11-4-8/h2,5,8,11,13H,3-4H2,1H3. The van der Waals surface area contributed by atoms with Crippen molar-refractivity contribution in [2.45, 2.75) is 13.0 Å². The van der Waals surface area contributed by atoms with Gasteiger partial charge in [0.1, 0.15) is 4.60 Å². The second kappa shape index (κ2) is 3.64. The van der Waals surface area contributed by atoms with E-state index in [0.29, 0.717) is 6.04 Å². The van der Waals surface area contributed by atoms with Gasteiger partial charge in [-0.2, -0.15) is 0 Å². The number of nitrogens with one attached hydrogen (secondary N) is 2. The van der Waals surface area contributed by atoms with Crippen LogP contribution < -0.4 is 10.6 Å². The van der Waals surface area contributed by atoms with Crippen molar-refractivity contribution in [3.05, 3.63) is 22.4 Å². The van der Waals surface area contributed by atoms with Crippen LogP contribution in [0.5, 0.6) is 0 Å². The summed E-state index contributed by atoms with van der Waals surface area (Å²) in [6, 6.07) is 2.68. The molecule has 2 rings (SSSR count). The SMILES string of the molecule is Cc1cc(NC2CNC2)cnc1Br. The number of aromatic nitrogens is 1. The molecule has 2 N–H and O–H groups in total. The minimum atomic E-state index is 0.572. The molecular weight excluding hydrogens is 230 g/mol. The quantitative estimate of drug-likeness (QED) is 0.772. The van der Waals surface area contributed by atoms with E-state index in [-0.39, 0.29) is 0 Å². The third-order valence-corrected chi connectivity index (χ3v) is 3.00. The van der Waals surface area contributed by atoms with E-state index in [0.717, 1.165) is 28.9 Å². The summed E-state index contributed by atoms with van der Waals surface area (Å²) in [4.78, 5) is 4.22. The van der Waals surface area contributed by atoms with Crippen LogP contribution in [-0.2, 0) is 0 Å². The highest BCUT2D eigenvalue weighted by molar-refractivity contribution is 9.10. The minimum Gasteiger partial charge on any atom is -0.378 e. The molecule has 1 aliphatic heterocycles. The second-order valence-corrected chi connectivity index (χ2v) is 4.08. The van der Waals surface area contributed by atoms with Gasteiger partial charge in [-0.3, -0.25) is 0 Å². The Morgan fingerprint density at radius 2 is 2.38 bits per heavy atom. The number of hydrogen-bond donors (Lipinski definition) is 2. The molecule has 13 heavy (non-hydrogen) atoms. The lowest BCUT2D eigenvalue weighted by atomic mass is 10.1. The van der Waals surface area contributed by atoms with Crippen LogP contribution in [0.25, 0.3) is 0 Å². The Bertz CT molecular complexity index is 310. The van der Waals surface area contributed by atoms with Gasteiger partial charge in [0, 0.05) is 13.1 Å². The van der Waals surface area contributed by atoms with Gasteiger partial charge in [0.25, 0.3) is 0 Å². The summed E-state index contributed by atoms with van der Waals surface area (Å²) in [5.74, 6) is 0. The van der Waals surface area contributed by atoms with Gasteiger partial charge in [-0.1, -0.05) is 0 Å². The first-order valence-electron chi connectivity index (χ1n) is 4.35. The maximum Gasteiger partial charge on any atom is 0.109 e. The number of hydrogen-bond acceptors (Lipinski definition) is 3. The largest absolute Gasteiger partial charge is 0.378 e. The second-order valence-electron chi connectivity index (χ2n) is 3.33. The fourth-order valence-electron chi connectivity index (χ4n) is 1.26. The summed E-state index contributed by atoms with van der Waals surface area (Å²) >= 11 is 3.38. The Morgan fingerprint density at radius 1 is 1.62 bits per heavy atom. The lowest BCUT2D eigenvalue weighted by molar-refractivity contribution is 0.472. The summed E-state index contributed by atoms with van der Waals surface area (Å²) in [5.41, 5.74) is 2.27. The van der Waals surface area contributed by atoms with Gasteiger partial charge in [0.05, 0.1) is 17.9 Å². The first-order chi connectivity index (χ1) is 6.25. The van der Waals surface area contributed by atoms with E-state index in [9.17, 15) is 0 Å². The fraction of sp³-hybridized carbons (Fsp3) is 0.444. The molecule has 1 aliphatic rings. The van der Waals surface area contributed by atoms with Gasteiger partial charge in [0.2, 0.25) is 0 Å². The third-order valence-electron chi connectivity index (χ3n) is 2.17. The van der Waals surface area contributed by atoms with E-state index < -0.39 is 0 Å². The molecule has 1 aromatic heterocycles. The van der Waals surface area contributed by atoms with Gasteiger partial charge in [-0.25, -0.2) is 4.98 Å². The highest BCUT2D eigenvalue weighted by Crippen LogP contribution is 2.17. The molecule has 2 heterocycles. The molecule has 0 aliphatic carbocycles. The highest BCUT2D eigenvalue weighted by Gasteiger charge is 2.15. The molecule has 4 heteroatoms. The molecule has 0 saturated carbocycles. The summed E-state index contributed by atoms with van der Waals surface area (Å²) < 4.78 is 0.921. The van der Waals surface area contributed by atoms with E-state index in [2.05, 4.69) is 37.6 Å². The number of rotatable bonds is 2. The van der Waals surface area contributed by atoms with Crippen LogP contribution in [0.2, 0.25) is 0 Å². The zero-order chi connectivity index (χ0) is 9.26. The van der Waals surface area contributed by atoms with Crippen LogP contribution in [0.15, 0.2) is 16.9 Å². The van der Waals surface area contributed by atoms with E-state index in [4.69, 9.17) is 0 Å². The Hall–Kier alpha value is -0.610. The fourth-order valence-corrected chi connectivity index (χ4v) is 1.48. The molecule has 0 aromatic carbocycles. The maximum atomic E-state index is 4.22. The highest BCUT2D eigenvalue weighted by atomic mass is 79.9. The monoisotopic (exact) mass is 241 g/mol. The van der Waals surface area contributed by atoms with Crippen molar-refractivity contribution in [2.75, 3.05) is 18.4 Å². The van der Waals surface area contributed by atoms with Crippen molar-refractivity contribution < 1.29 is 0 Å². The van der Waals surface area contributed by atoms with Crippen molar-refractivity contribution in [3.63, 3.8) is 0 Å². The first-order valence-corrected chi connectivity index (χ1v) is 5.14. The summed E-state index contributed by atoms with van der Waals surface area (Å²) in [6.45, 7) is 4.14. The van der Waals surface area contributed by atoms with Gasteiger partial charge >= 0.3 is 0 Å². The summed E-state index contributed by atoms with van der Waals surface area (Å²) in [7, 11) is 0. The van der Waals surface area contributed by atoms with Gasteiger partial charge in [-0.05, 0) is 34.5 Å². The van der Waals surface area contributed by atoms with E-state index in [1.165, 1.54) is 0 Å².